The Balaban J connectivity index is 2.23. The van der Waals surface area contributed by atoms with Crippen LogP contribution in [-0.4, -0.2) is 45.6 Å². The molecule has 1 N–H and O–H groups in total. The minimum Gasteiger partial charge on any atom is -0.403 e. The normalized spacial score (nSPS) is 18.0. The Kier molecular flexibility index (Phi) is 4.60. The van der Waals surface area contributed by atoms with Gasteiger partial charge in [-0.05, 0) is 33.7 Å². The van der Waals surface area contributed by atoms with Gasteiger partial charge in [-0.1, -0.05) is 0 Å². The average molecular weight is 308 g/mol. The summed E-state index contributed by atoms with van der Waals surface area (Å²) in [6.45, 7) is 7.25. The zero-order valence-electron chi connectivity index (χ0n) is 12.9. The summed E-state index contributed by atoms with van der Waals surface area (Å²) in [5.41, 5.74) is -0.774. The lowest BCUT2D eigenvalue weighted by atomic mass is 10.0. The number of aromatic nitrogens is 1. The van der Waals surface area contributed by atoms with E-state index >= 15 is 0 Å². The van der Waals surface area contributed by atoms with Crippen LogP contribution in [0.1, 0.15) is 27.2 Å². The van der Waals surface area contributed by atoms with Gasteiger partial charge in [0, 0.05) is 30.4 Å². The van der Waals surface area contributed by atoms with Gasteiger partial charge in [0.25, 0.3) is 0 Å². The van der Waals surface area contributed by atoms with Crippen molar-refractivity contribution in [2.45, 2.75) is 38.8 Å². The van der Waals surface area contributed by atoms with Crippen LogP contribution in [0.15, 0.2) is 18.5 Å². The molecule has 8 heteroatoms. The quantitative estimate of drug-likeness (QED) is 0.677. The molecule has 22 heavy (non-hydrogen) atoms. The van der Waals surface area contributed by atoms with E-state index in [4.69, 9.17) is 4.74 Å². The number of amides is 1. The summed E-state index contributed by atoms with van der Waals surface area (Å²) < 4.78 is 5.29. The van der Waals surface area contributed by atoms with E-state index in [-0.39, 0.29) is 17.5 Å². The van der Waals surface area contributed by atoms with Crippen molar-refractivity contribution in [3.8, 4) is 5.75 Å². The first-order valence-electron chi connectivity index (χ1n) is 7.11. The number of ether oxygens (including phenoxy) is 1. The molecule has 2 rings (SSSR count). The second kappa shape index (κ2) is 6.27. The van der Waals surface area contributed by atoms with E-state index in [1.54, 1.807) is 4.90 Å². The third-order valence-electron chi connectivity index (χ3n) is 3.47. The van der Waals surface area contributed by atoms with Gasteiger partial charge in [0.05, 0.1) is 4.92 Å². The van der Waals surface area contributed by atoms with Gasteiger partial charge in [0.1, 0.15) is 6.20 Å². The van der Waals surface area contributed by atoms with E-state index in [1.165, 1.54) is 12.3 Å². The van der Waals surface area contributed by atoms with Crippen molar-refractivity contribution in [1.29, 1.82) is 0 Å². The lowest BCUT2D eigenvalue weighted by Crippen LogP contribution is -2.53. The maximum absolute atomic E-state index is 12.6. The molecule has 1 amide bonds. The Hall–Kier alpha value is -2.22. The summed E-state index contributed by atoms with van der Waals surface area (Å²) in [6.07, 6.45) is 2.66. The van der Waals surface area contributed by atoms with Crippen LogP contribution in [0, 0.1) is 10.1 Å². The molecular formula is C14H20N4O4. The summed E-state index contributed by atoms with van der Waals surface area (Å²) in [4.78, 5) is 28.2. The van der Waals surface area contributed by atoms with Crippen LogP contribution in [0.5, 0.6) is 5.75 Å². The summed E-state index contributed by atoms with van der Waals surface area (Å²) in [5.74, 6) is -0.0924. The Labute approximate surface area is 128 Å². The first-order chi connectivity index (χ1) is 10.3. The second-order valence-corrected chi connectivity index (χ2v) is 6.16. The van der Waals surface area contributed by atoms with Gasteiger partial charge >= 0.3 is 11.8 Å². The Bertz CT molecular complexity index is 564. The van der Waals surface area contributed by atoms with Crippen LogP contribution in [-0.2, 0) is 0 Å². The van der Waals surface area contributed by atoms with Crippen molar-refractivity contribution < 1.29 is 14.5 Å². The lowest BCUT2D eigenvalue weighted by Gasteiger charge is -2.38. The van der Waals surface area contributed by atoms with Crippen LogP contribution < -0.4 is 10.1 Å². The molecule has 1 fully saturated rings. The van der Waals surface area contributed by atoms with E-state index in [9.17, 15) is 14.9 Å². The highest BCUT2D eigenvalue weighted by molar-refractivity contribution is 5.73. The minimum absolute atomic E-state index is 0.00777. The molecule has 120 valence electrons. The van der Waals surface area contributed by atoms with Crippen LogP contribution in [0.3, 0.4) is 0 Å². The molecule has 0 aromatic carbocycles. The number of carbonyl (C=O) groups is 1. The largest absolute Gasteiger partial charge is 0.416 e. The molecule has 0 radical (unpaired) electrons. The molecule has 0 spiro atoms. The minimum atomic E-state index is -0.617. The number of carbonyl (C=O) groups excluding carboxylic acids is 1. The number of nitrogens with zero attached hydrogens (tertiary/aromatic N) is 3. The van der Waals surface area contributed by atoms with Crippen LogP contribution in [0.4, 0.5) is 10.5 Å². The van der Waals surface area contributed by atoms with Crippen LogP contribution in [0.2, 0.25) is 0 Å². The summed E-state index contributed by atoms with van der Waals surface area (Å²) in [5, 5.41) is 14.2. The molecular weight excluding hydrogens is 288 g/mol. The number of nitrogens with one attached hydrogen (secondary N) is 1. The molecule has 0 unspecified atom stereocenters. The van der Waals surface area contributed by atoms with E-state index < -0.39 is 16.6 Å². The monoisotopic (exact) mass is 308 g/mol. The molecule has 1 aliphatic rings. The van der Waals surface area contributed by atoms with E-state index in [0.29, 0.717) is 6.54 Å². The fourth-order valence-electron chi connectivity index (χ4n) is 2.57. The molecule has 1 saturated heterocycles. The van der Waals surface area contributed by atoms with Gasteiger partial charge in [0.2, 0.25) is 5.75 Å². The molecule has 1 aliphatic heterocycles. The molecule has 1 aromatic rings. The first kappa shape index (κ1) is 16.2. The molecule has 1 aromatic heterocycles. The smallest absolute Gasteiger partial charge is 0.403 e. The second-order valence-electron chi connectivity index (χ2n) is 6.16. The SMILES string of the molecule is CC(C)(C)N(C(=O)Oc1ccncc1[N+](=O)[O-])[C@H]1CCNC1. The van der Waals surface area contributed by atoms with E-state index in [1.807, 2.05) is 20.8 Å². The Morgan fingerprint density at radius 2 is 2.27 bits per heavy atom. The van der Waals surface area contributed by atoms with Gasteiger partial charge in [-0.15, -0.1) is 0 Å². The number of nitro groups is 1. The zero-order valence-corrected chi connectivity index (χ0v) is 12.9. The fraction of sp³-hybridized carbons (Fsp3) is 0.571. The Morgan fingerprint density at radius 3 is 2.82 bits per heavy atom. The van der Waals surface area contributed by atoms with Crippen molar-refractivity contribution in [2.24, 2.45) is 0 Å². The van der Waals surface area contributed by atoms with E-state index in [2.05, 4.69) is 10.3 Å². The van der Waals surface area contributed by atoms with E-state index in [0.717, 1.165) is 19.2 Å². The third kappa shape index (κ3) is 3.51. The summed E-state index contributed by atoms with van der Waals surface area (Å²) in [6, 6.07) is 1.33. The highest BCUT2D eigenvalue weighted by Crippen LogP contribution is 2.28. The Morgan fingerprint density at radius 1 is 1.55 bits per heavy atom. The lowest BCUT2D eigenvalue weighted by molar-refractivity contribution is -0.386. The summed E-state index contributed by atoms with van der Waals surface area (Å²) in [7, 11) is 0. The maximum atomic E-state index is 12.6. The fourth-order valence-corrected chi connectivity index (χ4v) is 2.57. The molecule has 1 atom stereocenters. The predicted octanol–water partition coefficient (Wildman–Crippen LogP) is 1.95. The number of rotatable bonds is 3. The highest BCUT2D eigenvalue weighted by atomic mass is 16.6. The highest BCUT2D eigenvalue weighted by Gasteiger charge is 2.36. The van der Waals surface area contributed by atoms with Crippen molar-refractivity contribution in [3.05, 3.63) is 28.6 Å². The van der Waals surface area contributed by atoms with Crippen LogP contribution >= 0.6 is 0 Å². The maximum Gasteiger partial charge on any atom is 0.416 e. The molecule has 8 nitrogen and oxygen atoms in total. The van der Waals surface area contributed by atoms with Crippen molar-refractivity contribution in [3.63, 3.8) is 0 Å². The van der Waals surface area contributed by atoms with Crippen molar-refractivity contribution in [2.75, 3.05) is 13.1 Å². The first-order valence-corrected chi connectivity index (χ1v) is 7.11. The predicted molar refractivity (Wildman–Crippen MR) is 79.8 cm³/mol. The van der Waals surface area contributed by atoms with Gasteiger partial charge in [-0.2, -0.15) is 0 Å². The summed E-state index contributed by atoms with van der Waals surface area (Å²) >= 11 is 0. The van der Waals surface area contributed by atoms with Gasteiger partial charge < -0.3 is 10.1 Å². The van der Waals surface area contributed by atoms with Gasteiger partial charge in [-0.3, -0.25) is 20.0 Å². The van der Waals surface area contributed by atoms with Gasteiger partial charge in [0.15, 0.2) is 0 Å². The molecule has 0 bridgehead atoms. The number of hydrogen-bond donors (Lipinski definition) is 1. The molecule has 2 heterocycles. The third-order valence-corrected chi connectivity index (χ3v) is 3.47. The molecule has 0 aliphatic carbocycles. The average Bonchev–Trinajstić information content (AvgIpc) is 2.91. The van der Waals surface area contributed by atoms with Crippen molar-refractivity contribution in [1.82, 2.24) is 15.2 Å². The number of pyridine rings is 1. The zero-order chi connectivity index (χ0) is 16.3. The van der Waals surface area contributed by atoms with Crippen LogP contribution in [0.25, 0.3) is 0 Å². The topological polar surface area (TPSA) is 97.6 Å². The molecule has 0 saturated carbocycles. The standard InChI is InChI=1S/C14H20N4O4/c1-14(2,3)17(10-4-6-15-8-10)13(19)22-12-5-7-16-9-11(12)18(20)21/h5,7,9-10,15H,4,6,8H2,1-3H3/t10-/m0/s1. The van der Waals surface area contributed by atoms with Gasteiger partial charge in [-0.25, -0.2) is 4.79 Å². The van der Waals surface area contributed by atoms with Crippen molar-refractivity contribution >= 4 is 11.8 Å². The number of hydrogen-bond acceptors (Lipinski definition) is 6.